The molecule has 1 fully saturated rings. The summed E-state index contributed by atoms with van der Waals surface area (Å²) in [5.74, 6) is 1.38. The van der Waals surface area contributed by atoms with Gasteiger partial charge in [0.1, 0.15) is 5.82 Å². The van der Waals surface area contributed by atoms with Crippen molar-refractivity contribution in [2.24, 2.45) is 5.41 Å². The number of carbonyl (C=O) groups is 1. The van der Waals surface area contributed by atoms with E-state index >= 15 is 0 Å². The second-order valence-corrected chi connectivity index (χ2v) is 6.04. The number of nitrogens with one attached hydrogen (secondary N) is 1. The molecule has 3 heterocycles. The number of hydrogen-bond donors (Lipinski definition) is 1. The van der Waals surface area contributed by atoms with Crippen molar-refractivity contribution in [3.8, 4) is 0 Å². The van der Waals surface area contributed by atoms with E-state index in [0.717, 1.165) is 57.7 Å². The second-order valence-electron chi connectivity index (χ2n) is 6.04. The summed E-state index contributed by atoms with van der Waals surface area (Å²) in [5.41, 5.74) is -0.130. The molecule has 0 saturated carbocycles. The zero-order valence-corrected chi connectivity index (χ0v) is 12.3. The van der Waals surface area contributed by atoms with Crippen molar-refractivity contribution in [3.05, 3.63) is 18.2 Å². The molecule has 0 aliphatic carbocycles. The summed E-state index contributed by atoms with van der Waals surface area (Å²) in [6.07, 6.45) is 7.88. The number of aromatic nitrogens is 2. The molecule has 0 aromatic carbocycles. The van der Waals surface area contributed by atoms with E-state index in [4.69, 9.17) is 0 Å². The Morgan fingerprint density at radius 2 is 2.20 bits per heavy atom. The van der Waals surface area contributed by atoms with E-state index in [1.54, 1.807) is 0 Å². The van der Waals surface area contributed by atoms with Crippen molar-refractivity contribution in [1.29, 1.82) is 0 Å². The molecule has 110 valence electrons. The maximum absolute atomic E-state index is 13.1. The van der Waals surface area contributed by atoms with Crippen molar-refractivity contribution in [3.63, 3.8) is 0 Å². The van der Waals surface area contributed by atoms with Crippen LogP contribution in [-0.2, 0) is 17.9 Å². The molecule has 1 aromatic heterocycles. The Labute approximate surface area is 120 Å². The predicted octanol–water partition coefficient (Wildman–Crippen LogP) is 1.40. The minimum absolute atomic E-state index is 0.130. The lowest BCUT2D eigenvalue weighted by Crippen LogP contribution is -2.51. The van der Waals surface area contributed by atoms with Crippen LogP contribution in [0, 0.1) is 5.41 Å². The zero-order valence-electron chi connectivity index (χ0n) is 12.3. The Bertz CT molecular complexity index is 470. The summed E-state index contributed by atoms with van der Waals surface area (Å²) in [5, 5.41) is 3.38. The van der Waals surface area contributed by atoms with Crippen molar-refractivity contribution in [2.45, 2.75) is 45.7 Å². The average molecular weight is 276 g/mol. The number of hydrogen-bond acceptors (Lipinski definition) is 3. The van der Waals surface area contributed by atoms with Crippen LogP contribution in [0.1, 0.15) is 38.4 Å². The largest absolute Gasteiger partial charge is 0.333 e. The number of rotatable bonds is 3. The van der Waals surface area contributed by atoms with Crippen LogP contribution < -0.4 is 5.32 Å². The van der Waals surface area contributed by atoms with Gasteiger partial charge in [-0.2, -0.15) is 0 Å². The van der Waals surface area contributed by atoms with Gasteiger partial charge in [0.25, 0.3) is 0 Å². The van der Waals surface area contributed by atoms with Crippen molar-refractivity contribution in [1.82, 2.24) is 19.8 Å². The lowest BCUT2D eigenvalue weighted by molar-refractivity contribution is -0.146. The van der Waals surface area contributed by atoms with E-state index in [1.165, 1.54) is 0 Å². The standard InChI is InChI=1S/C15H24N4O/c1-2-3-15(4-6-16-7-5-15)14(20)19-11-10-18-9-8-17-13(18)12-19/h8-9,16H,2-7,10-12H2,1H3. The highest BCUT2D eigenvalue weighted by Gasteiger charge is 2.41. The van der Waals surface area contributed by atoms with E-state index in [1.807, 2.05) is 17.3 Å². The molecule has 0 unspecified atom stereocenters. The summed E-state index contributed by atoms with van der Waals surface area (Å²) >= 11 is 0. The Morgan fingerprint density at radius 1 is 1.40 bits per heavy atom. The molecular weight excluding hydrogens is 252 g/mol. The molecule has 1 amide bonds. The van der Waals surface area contributed by atoms with E-state index in [2.05, 4.69) is 21.8 Å². The number of imidazole rings is 1. The average Bonchev–Trinajstić information content (AvgIpc) is 2.95. The Balaban J connectivity index is 1.77. The van der Waals surface area contributed by atoms with Gasteiger partial charge >= 0.3 is 0 Å². The van der Waals surface area contributed by atoms with Crippen LogP contribution in [0.4, 0.5) is 0 Å². The number of fused-ring (bicyclic) bond motifs is 1. The van der Waals surface area contributed by atoms with Gasteiger partial charge in [-0.05, 0) is 32.4 Å². The molecule has 5 heteroatoms. The number of nitrogens with zero attached hydrogens (tertiary/aromatic N) is 3. The van der Waals surface area contributed by atoms with Crippen LogP contribution in [0.15, 0.2) is 12.4 Å². The molecule has 0 atom stereocenters. The summed E-state index contributed by atoms with van der Waals surface area (Å²) < 4.78 is 2.15. The molecule has 0 spiro atoms. The smallest absolute Gasteiger partial charge is 0.229 e. The molecule has 1 N–H and O–H groups in total. The highest BCUT2D eigenvalue weighted by atomic mass is 16.2. The topological polar surface area (TPSA) is 50.2 Å². The molecule has 2 aliphatic rings. The normalized spacial score (nSPS) is 21.6. The highest BCUT2D eigenvalue weighted by molar-refractivity contribution is 5.83. The molecule has 5 nitrogen and oxygen atoms in total. The summed E-state index contributed by atoms with van der Waals surface area (Å²) in [6, 6.07) is 0. The quantitative estimate of drug-likeness (QED) is 0.908. The van der Waals surface area contributed by atoms with Gasteiger partial charge in [0.2, 0.25) is 5.91 Å². The maximum atomic E-state index is 13.1. The highest BCUT2D eigenvalue weighted by Crippen LogP contribution is 2.36. The van der Waals surface area contributed by atoms with Gasteiger partial charge in [0, 0.05) is 25.5 Å². The van der Waals surface area contributed by atoms with Crippen LogP contribution in [0.2, 0.25) is 0 Å². The molecule has 1 aromatic rings. The van der Waals surface area contributed by atoms with E-state index in [-0.39, 0.29) is 5.41 Å². The van der Waals surface area contributed by atoms with Gasteiger partial charge < -0.3 is 14.8 Å². The summed E-state index contributed by atoms with van der Waals surface area (Å²) in [7, 11) is 0. The molecular formula is C15H24N4O. The molecule has 2 aliphatic heterocycles. The number of amides is 1. The maximum Gasteiger partial charge on any atom is 0.229 e. The van der Waals surface area contributed by atoms with Gasteiger partial charge in [-0.25, -0.2) is 4.98 Å². The Kier molecular flexibility index (Phi) is 3.78. The third-order valence-corrected chi connectivity index (χ3v) is 4.77. The van der Waals surface area contributed by atoms with Crippen LogP contribution >= 0.6 is 0 Å². The van der Waals surface area contributed by atoms with Gasteiger partial charge in [0.15, 0.2) is 0 Å². The predicted molar refractivity (Wildman–Crippen MR) is 77.1 cm³/mol. The van der Waals surface area contributed by atoms with Crippen molar-refractivity contribution in [2.75, 3.05) is 19.6 Å². The first-order chi connectivity index (χ1) is 9.75. The van der Waals surface area contributed by atoms with E-state index < -0.39 is 0 Å². The minimum atomic E-state index is -0.130. The molecule has 0 radical (unpaired) electrons. The third-order valence-electron chi connectivity index (χ3n) is 4.77. The molecule has 0 bridgehead atoms. The first-order valence-corrected chi connectivity index (χ1v) is 7.75. The van der Waals surface area contributed by atoms with Crippen molar-refractivity contribution < 1.29 is 4.79 Å². The molecule has 20 heavy (non-hydrogen) atoms. The van der Waals surface area contributed by atoms with E-state index in [9.17, 15) is 4.79 Å². The minimum Gasteiger partial charge on any atom is -0.333 e. The van der Waals surface area contributed by atoms with Crippen molar-refractivity contribution >= 4 is 5.91 Å². The third kappa shape index (κ3) is 2.35. The molecule has 3 rings (SSSR count). The fraction of sp³-hybridized carbons (Fsp3) is 0.733. The Hall–Kier alpha value is -1.36. The van der Waals surface area contributed by atoms with Crippen LogP contribution in [0.5, 0.6) is 0 Å². The molecule has 1 saturated heterocycles. The SMILES string of the molecule is CCCC1(C(=O)N2CCn3ccnc3C2)CCNCC1. The van der Waals surface area contributed by atoms with Crippen LogP contribution in [0.3, 0.4) is 0 Å². The van der Waals surface area contributed by atoms with Crippen LogP contribution in [-0.4, -0.2) is 40.0 Å². The van der Waals surface area contributed by atoms with Crippen LogP contribution in [0.25, 0.3) is 0 Å². The van der Waals surface area contributed by atoms with Gasteiger partial charge in [-0.1, -0.05) is 13.3 Å². The summed E-state index contributed by atoms with van der Waals surface area (Å²) in [4.78, 5) is 19.4. The lowest BCUT2D eigenvalue weighted by Gasteiger charge is -2.41. The number of carbonyl (C=O) groups excluding carboxylic acids is 1. The zero-order chi connectivity index (χ0) is 14.0. The number of piperidine rings is 1. The second kappa shape index (κ2) is 5.56. The first kappa shape index (κ1) is 13.6. The van der Waals surface area contributed by atoms with Gasteiger partial charge in [-0.15, -0.1) is 0 Å². The van der Waals surface area contributed by atoms with Gasteiger partial charge in [0.05, 0.1) is 12.0 Å². The fourth-order valence-corrected chi connectivity index (χ4v) is 3.64. The monoisotopic (exact) mass is 276 g/mol. The fourth-order valence-electron chi connectivity index (χ4n) is 3.64. The van der Waals surface area contributed by atoms with E-state index in [0.29, 0.717) is 12.5 Å². The Morgan fingerprint density at radius 3 is 2.95 bits per heavy atom. The van der Waals surface area contributed by atoms with Gasteiger partial charge in [-0.3, -0.25) is 4.79 Å². The lowest BCUT2D eigenvalue weighted by atomic mass is 9.74. The first-order valence-electron chi connectivity index (χ1n) is 7.75. The summed E-state index contributed by atoms with van der Waals surface area (Å²) in [6.45, 7) is 6.48.